The van der Waals surface area contributed by atoms with Crippen molar-refractivity contribution in [2.45, 2.75) is 12.8 Å². The van der Waals surface area contributed by atoms with Crippen LogP contribution in [0.3, 0.4) is 0 Å². The number of thioether (sulfide) groups is 1. The van der Waals surface area contributed by atoms with Crippen LogP contribution in [0.5, 0.6) is 0 Å². The zero-order valence-electron chi connectivity index (χ0n) is 15.9. The number of benzene rings is 2. The number of nitrogens with zero attached hydrogens (tertiary/aromatic N) is 2. The second-order valence-electron chi connectivity index (χ2n) is 6.66. The van der Waals surface area contributed by atoms with E-state index in [1.807, 2.05) is 54.6 Å². The lowest BCUT2D eigenvalue weighted by atomic mass is 10.1. The highest BCUT2D eigenvalue weighted by atomic mass is 127. The molecule has 7 heteroatoms. The molecule has 1 aromatic heterocycles. The van der Waals surface area contributed by atoms with Gasteiger partial charge in [-0.25, -0.2) is 4.99 Å². The SMILES string of the molecule is O=C1/C(=C/c2cc(Br)c(I)o2)SC(=Nc2ccccc2)N1CCCc1ccccc1. The van der Waals surface area contributed by atoms with Crippen molar-refractivity contribution in [1.82, 2.24) is 4.90 Å². The fraction of sp³-hybridized carbons (Fsp3) is 0.130. The topological polar surface area (TPSA) is 45.8 Å². The van der Waals surface area contributed by atoms with E-state index in [-0.39, 0.29) is 5.91 Å². The average molecular weight is 593 g/mol. The first-order valence-electron chi connectivity index (χ1n) is 9.44. The van der Waals surface area contributed by atoms with Crippen LogP contribution in [0.1, 0.15) is 17.7 Å². The second-order valence-corrected chi connectivity index (χ2v) is 9.50. The van der Waals surface area contributed by atoms with E-state index in [4.69, 9.17) is 9.41 Å². The predicted molar refractivity (Wildman–Crippen MR) is 135 cm³/mol. The Labute approximate surface area is 201 Å². The lowest BCUT2D eigenvalue weighted by molar-refractivity contribution is -0.122. The third-order valence-corrected chi connectivity index (χ3v) is 7.63. The summed E-state index contributed by atoms with van der Waals surface area (Å²) in [4.78, 5) is 20.3. The summed E-state index contributed by atoms with van der Waals surface area (Å²) in [5, 5.41) is 0.700. The van der Waals surface area contributed by atoms with Crippen molar-refractivity contribution in [2.24, 2.45) is 4.99 Å². The number of carbonyl (C=O) groups is 1. The van der Waals surface area contributed by atoms with E-state index in [0.717, 1.165) is 26.8 Å². The number of carbonyl (C=O) groups excluding carboxylic acids is 1. The van der Waals surface area contributed by atoms with E-state index in [2.05, 4.69) is 50.7 Å². The van der Waals surface area contributed by atoms with Crippen LogP contribution >= 0.6 is 50.3 Å². The number of aliphatic imine (C=N–C) groups is 1. The van der Waals surface area contributed by atoms with Crippen LogP contribution in [0.25, 0.3) is 6.08 Å². The lowest BCUT2D eigenvalue weighted by Gasteiger charge is -2.15. The van der Waals surface area contributed by atoms with Gasteiger partial charge in [-0.15, -0.1) is 0 Å². The number of aryl methyl sites for hydroxylation is 1. The maximum absolute atomic E-state index is 13.1. The lowest BCUT2D eigenvalue weighted by Crippen LogP contribution is -2.30. The van der Waals surface area contributed by atoms with E-state index >= 15 is 0 Å². The van der Waals surface area contributed by atoms with Crippen molar-refractivity contribution in [3.63, 3.8) is 0 Å². The average Bonchev–Trinajstić information content (AvgIpc) is 3.22. The summed E-state index contributed by atoms with van der Waals surface area (Å²) < 4.78 is 7.33. The highest BCUT2D eigenvalue weighted by Crippen LogP contribution is 2.35. The number of amidine groups is 1. The van der Waals surface area contributed by atoms with Crippen molar-refractivity contribution in [2.75, 3.05) is 6.54 Å². The molecule has 1 aliphatic rings. The second kappa shape index (κ2) is 9.98. The Morgan fingerprint density at radius 2 is 1.80 bits per heavy atom. The summed E-state index contributed by atoms with van der Waals surface area (Å²) in [5.41, 5.74) is 2.10. The molecule has 0 bridgehead atoms. The summed E-state index contributed by atoms with van der Waals surface area (Å²) >= 11 is 6.95. The molecule has 1 aliphatic heterocycles. The number of amides is 1. The molecule has 152 valence electrons. The first kappa shape index (κ1) is 21.4. The minimum Gasteiger partial charge on any atom is -0.450 e. The van der Waals surface area contributed by atoms with Crippen LogP contribution in [-0.4, -0.2) is 22.5 Å². The molecule has 1 fully saturated rings. The number of hydrogen-bond acceptors (Lipinski definition) is 4. The van der Waals surface area contributed by atoms with Crippen molar-refractivity contribution in [1.29, 1.82) is 0 Å². The van der Waals surface area contributed by atoms with Gasteiger partial charge in [-0.2, -0.15) is 0 Å². The van der Waals surface area contributed by atoms with E-state index < -0.39 is 0 Å². The smallest absolute Gasteiger partial charge is 0.266 e. The maximum Gasteiger partial charge on any atom is 0.266 e. The summed E-state index contributed by atoms with van der Waals surface area (Å²) in [5.74, 6) is 0.609. The molecule has 30 heavy (non-hydrogen) atoms. The quantitative estimate of drug-likeness (QED) is 0.231. The molecule has 4 rings (SSSR count). The Hall–Kier alpha value is -1.84. The molecular formula is C23H18BrIN2O2S. The first-order valence-corrected chi connectivity index (χ1v) is 12.1. The van der Waals surface area contributed by atoms with Gasteiger partial charge in [0.25, 0.3) is 5.91 Å². The van der Waals surface area contributed by atoms with Crippen molar-refractivity contribution in [3.05, 3.63) is 91.2 Å². The van der Waals surface area contributed by atoms with Crippen molar-refractivity contribution < 1.29 is 9.21 Å². The molecule has 0 spiro atoms. The summed E-state index contributed by atoms with van der Waals surface area (Å²) in [7, 11) is 0. The Morgan fingerprint density at radius 1 is 1.10 bits per heavy atom. The van der Waals surface area contributed by atoms with Gasteiger partial charge in [0.15, 0.2) is 8.93 Å². The van der Waals surface area contributed by atoms with Crippen molar-refractivity contribution in [3.8, 4) is 0 Å². The Kier molecular flexibility index (Phi) is 7.12. The van der Waals surface area contributed by atoms with Crippen LogP contribution in [-0.2, 0) is 11.2 Å². The third-order valence-electron chi connectivity index (χ3n) is 4.50. The molecule has 3 aromatic rings. The molecule has 0 unspecified atom stereocenters. The first-order chi connectivity index (χ1) is 14.6. The third kappa shape index (κ3) is 5.25. The number of rotatable bonds is 6. The van der Waals surface area contributed by atoms with Gasteiger partial charge in [-0.1, -0.05) is 48.5 Å². The predicted octanol–water partition coefficient (Wildman–Crippen LogP) is 6.88. The van der Waals surface area contributed by atoms with Crippen LogP contribution in [0.2, 0.25) is 0 Å². The molecule has 0 atom stereocenters. The van der Waals surface area contributed by atoms with Gasteiger partial charge >= 0.3 is 0 Å². The summed E-state index contributed by atoms with van der Waals surface area (Å²) in [6.45, 7) is 0.614. The minimum absolute atomic E-state index is 0.0368. The molecule has 0 saturated carbocycles. The van der Waals surface area contributed by atoms with E-state index in [1.165, 1.54) is 17.3 Å². The highest BCUT2D eigenvalue weighted by Gasteiger charge is 2.33. The Morgan fingerprint density at radius 3 is 2.47 bits per heavy atom. The molecular weight excluding hydrogens is 575 g/mol. The monoisotopic (exact) mass is 592 g/mol. The molecule has 2 heterocycles. The van der Waals surface area contributed by atoms with E-state index in [9.17, 15) is 4.79 Å². The zero-order valence-corrected chi connectivity index (χ0v) is 20.5. The molecule has 1 saturated heterocycles. The Bertz CT molecular complexity index is 1080. The molecule has 2 aromatic carbocycles. The summed E-state index contributed by atoms with van der Waals surface area (Å²) in [6.07, 6.45) is 3.56. The zero-order chi connectivity index (χ0) is 20.9. The number of furan rings is 1. The van der Waals surface area contributed by atoms with Crippen LogP contribution in [0.15, 0.2) is 85.5 Å². The van der Waals surface area contributed by atoms with Gasteiger partial charge in [-0.3, -0.25) is 9.69 Å². The minimum atomic E-state index is -0.0368. The van der Waals surface area contributed by atoms with Gasteiger partial charge < -0.3 is 4.42 Å². The van der Waals surface area contributed by atoms with Crippen LogP contribution in [0.4, 0.5) is 5.69 Å². The van der Waals surface area contributed by atoms with Crippen molar-refractivity contribution >= 4 is 73.1 Å². The highest BCUT2D eigenvalue weighted by molar-refractivity contribution is 14.1. The van der Waals surface area contributed by atoms with E-state index in [1.54, 1.807) is 11.0 Å². The normalized spacial score (nSPS) is 16.7. The molecule has 4 nitrogen and oxygen atoms in total. The largest absolute Gasteiger partial charge is 0.450 e. The Balaban J connectivity index is 1.57. The van der Waals surface area contributed by atoms with Gasteiger partial charge in [0.1, 0.15) is 5.76 Å². The fourth-order valence-corrected chi connectivity index (χ4v) is 4.77. The molecule has 0 aliphatic carbocycles. The molecule has 1 amide bonds. The van der Waals surface area contributed by atoms with Crippen LogP contribution < -0.4 is 0 Å². The number of halogens is 2. The van der Waals surface area contributed by atoms with Gasteiger partial charge in [-0.05, 0) is 64.3 Å². The van der Waals surface area contributed by atoms with E-state index in [0.29, 0.717) is 22.4 Å². The fourth-order valence-electron chi connectivity index (χ4n) is 3.05. The van der Waals surface area contributed by atoms with Gasteiger partial charge in [0.2, 0.25) is 0 Å². The standard InChI is InChI=1S/C23H18BrIN2O2S/c24-19-14-18(29-21(19)25)15-20-22(28)27(13-7-10-16-8-3-1-4-9-16)23(30-20)26-17-11-5-2-6-12-17/h1-6,8-9,11-12,14-15H,7,10,13H2/b20-15-,26-23?. The summed E-state index contributed by atoms with van der Waals surface area (Å²) in [6, 6.07) is 21.9. The molecule has 0 N–H and O–H groups in total. The van der Waals surface area contributed by atoms with Gasteiger partial charge in [0.05, 0.1) is 15.1 Å². The number of hydrogen-bond donors (Lipinski definition) is 0. The van der Waals surface area contributed by atoms with Gasteiger partial charge in [0, 0.05) is 35.2 Å². The van der Waals surface area contributed by atoms with Crippen LogP contribution in [0, 0.1) is 3.77 Å². The maximum atomic E-state index is 13.1. The number of para-hydroxylation sites is 1. The molecule has 0 radical (unpaired) electrons.